The molecule has 0 spiro atoms. The van der Waals surface area contributed by atoms with Gasteiger partial charge in [-0.3, -0.25) is 19.3 Å². The molecule has 0 unspecified atom stereocenters. The minimum atomic E-state index is -0.620. The second kappa shape index (κ2) is 9.21. The van der Waals surface area contributed by atoms with Gasteiger partial charge < -0.3 is 14.7 Å². The number of fused-ring (bicyclic) bond motifs is 5. The molecule has 7 nitrogen and oxygen atoms in total. The number of amides is 1. The van der Waals surface area contributed by atoms with Crippen molar-refractivity contribution < 1.29 is 19.0 Å². The van der Waals surface area contributed by atoms with Crippen LogP contribution in [0.5, 0.6) is 11.5 Å². The van der Waals surface area contributed by atoms with Gasteiger partial charge in [-0.05, 0) is 24.5 Å². The van der Waals surface area contributed by atoms with Crippen LogP contribution < -0.4 is 15.2 Å². The molecule has 2 aromatic carbocycles. The van der Waals surface area contributed by atoms with Crippen molar-refractivity contribution in [2.45, 2.75) is 31.7 Å². The molecular weight excluding hydrogens is 437 g/mol. The number of pyridine rings is 1. The highest BCUT2D eigenvalue weighted by Crippen LogP contribution is 2.38. The lowest BCUT2D eigenvalue weighted by atomic mass is 9.96. The van der Waals surface area contributed by atoms with Gasteiger partial charge in [-0.15, -0.1) is 0 Å². The predicted octanol–water partition coefficient (Wildman–Crippen LogP) is 3.79. The molecule has 0 radical (unpaired) electrons. The summed E-state index contributed by atoms with van der Waals surface area (Å²) in [5, 5.41) is 12.5. The van der Waals surface area contributed by atoms with E-state index in [1.165, 1.54) is 23.0 Å². The van der Waals surface area contributed by atoms with Crippen molar-refractivity contribution in [1.29, 1.82) is 0 Å². The van der Waals surface area contributed by atoms with Crippen LogP contribution in [-0.2, 0) is 0 Å². The van der Waals surface area contributed by atoms with Crippen molar-refractivity contribution in [3.63, 3.8) is 0 Å². The minimum absolute atomic E-state index is 0.0894. The molecule has 1 amide bonds. The van der Waals surface area contributed by atoms with E-state index in [0.29, 0.717) is 18.7 Å². The first kappa shape index (κ1) is 22.0. The summed E-state index contributed by atoms with van der Waals surface area (Å²) in [6, 6.07) is 15.1. The van der Waals surface area contributed by atoms with Gasteiger partial charge in [-0.2, -0.15) is 0 Å². The van der Waals surface area contributed by atoms with Crippen LogP contribution in [0.4, 0.5) is 4.39 Å². The van der Waals surface area contributed by atoms with Gasteiger partial charge in [0.1, 0.15) is 12.7 Å². The van der Waals surface area contributed by atoms with Gasteiger partial charge in [-0.1, -0.05) is 55.3 Å². The predicted molar refractivity (Wildman–Crippen MR) is 125 cm³/mol. The second-order valence-electron chi connectivity index (χ2n) is 8.61. The number of halogens is 1. The Morgan fingerprint density at radius 3 is 2.56 bits per heavy atom. The van der Waals surface area contributed by atoms with Gasteiger partial charge in [-0.25, -0.2) is 4.39 Å². The lowest BCUT2D eigenvalue weighted by Gasteiger charge is -2.44. The smallest absolute Gasteiger partial charge is 0.277 e. The van der Waals surface area contributed by atoms with Crippen molar-refractivity contribution in [2.24, 2.45) is 0 Å². The van der Waals surface area contributed by atoms with Gasteiger partial charge >= 0.3 is 0 Å². The maximum absolute atomic E-state index is 15.1. The van der Waals surface area contributed by atoms with E-state index in [9.17, 15) is 14.7 Å². The number of benzene rings is 2. The lowest BCUT2D eigenvalue weighted by Crippen LogP contribution is -2.55. The van der Waals surface area contributed by atoms with Crippen LogP contribution in [0.1, 0.15) is 53.3 Å². The number of carbonyl (C=O) groups is 1. The molecule has 1 aromatic heterocycles. The zero-order valence-electron chi connectivity index (χ0n) is 18.7. The normalized spacial score (nSPS) is 18.6. The third-order valence-electron chi connectivity index (χ3n) is 6.41. The van der Waals surface area contributed by atoms with Gasteiger partial charge in [0.2, 0.25) is 5.43 Å². The van der Waals surface area contributed by atoms with Gasteiger partial charge in [0.05, 0.1) is 6.61 Å². The average molecular weight is 464 g/mol. The molecule has 3 aromatic rings. The van der Waals surface area contributed by atoms with Crippen LogP contribution in [0, 0.1) is 5.82 Å². The number of carbonyl (C=O) groups excluding carboxylic acids is 1. The first-order chi connectivity index (χ1) is 16.6. The molecule has 1 N–H and O–H groups in total. The van der Waals surface area contributed by atoms with Gasteiger partial charge in [0.15, 0.2) is 23.0 Å². The zero-order valence-corrected chi connectivity index (χ0v) is 18.7. The topological polar surface area (TPSA) is 75.0 Å². The maximum Gasteiger partial charge on any atom is 0.277 e. The Morgan fingerprint density at radius 1 is 0.941 bits per heavy atom. The number of hydrogen-bond acceptors (Lipinski definition) is 5. The van der Waals surface area contributed by atoms with E-state index in [4.69, 9.17) is 4.74 Å². The van der Waals surface area contributed by atoms with Gasteiger partial charge in [0.25, 0.3) is 5.91 Å². The number of hydrogen-bond donors (Lipinski definition) is 1. The van der Waals surface area contributed by atoms with Crippen LogP contribution in [0.3, 0.4) is 0 Å². The first-order valence-electron chi connectivity index (χ1n) is 11.5. The summed E-state index contributed by atoms with van der Waals surface area (Å²) in [6.45, 7) is 1.07. The molecule has 176 valence electrons. The highest BCUT2D eigenvalue weighted by atomic mass is 19.1. The fraction of sp³-hybridized carbons (Fsp3) is 0.308. The number of aromatic hydroxyl groups is 1. The second-order valence-corrected chi connectivity index (χ2v) is 8.61. The molecule has 34 heavy (non-hydrogen) atoms. The highest BCUT2D eigenvalue weighted by Gasteiger charge is 2.37. The largest absolute Gasteiger partial charge is 0.502 e. The summed E-state index contributed by atoms with van der Waals surface area (Å²) in [7, 11) is 0. The summed E-state index contributed by atoms with van der Waals surface area (Å²) in [4.78, 5) is 27.2. The molecule has 2 aliphatic rings. The fourth-order valence-electron chi connectivity index (χ4n) is 4.74. The number of nitrogens with zero attached hydrogens (tertiary/aromatic N) is 3. The number of para-hydroxylation sites is 1. The summed E-state index contributed by atoms with van der Waals surface area (Å²) in [5.41, 5.74) is 0.744. The van der Waals surface area contributed by atoms with E-state index in [1.807, 2.05) is 41.4 Å². The van der Waals surface area contributed by atoms with E-state index >= 15 is 4.39 Å². The van der Waals surface area contributed by atoms with Crippen LogP contribution >= 0.6 is 0 Å². The fourth-order valence-corrected chi connectivity index (χ4v) is 4.74. The van der Waals surface area contributed by atoms with Crippen molar-refractivity contribution in [3.05, 3.63) is 93.7 Å². The minimum Gasteiger partial charge on any atom is -0.502 e. The molecule has 0 fully saturated rings. The van der Waals surface area contributed by atoms with Crippen molar-refractivity contribution in [2.75, 3.05) is 24.8 Å². The van der Waals surface area contributed by atoms with E-state index in [1.54, 1.807) is 11.0 Å². The van der Waals surface area contributed by atoms with Crippen molar-refractivity contribution in [3.8, 4) is 11.5 Å². The first-order valence-corrected chi connectivity index (χ1v) is 11.5. The lowest BCUT2D eigenvalue weighted by molar-refractivity contribution is 0.0676. The zero-order chi connectivity index (χ0) is 23.7. The van der Waals surface area contributed by atoms with Crippen LogP contribution in [0.2, 0.25) is 0 Å². The summed E-state index contributed by atoms with van der Waals surface area (Å²) < 4.78 is 22.6. The standard InChI is InChI=1S/C26H26FN3O4/c27-20-12-8-11-19-22(18-9-4-3-5-10-18)30-17-28(14-6-1-2-7-16-34-25(19)20)26(33)23-24(32)21(31)13-15-29(23)30/h3-5,8-13,15,22,32H,1-2,6-7,14,16-17H2/t22-/m1/s1. The Labute approximate surface area is 196 Å². The van der Waals surface area contributed by atoms with E-state index in [0.717, 1.165) is 31.2 Å². The van der Waals surface area contributed by atoms with Crippen molar-refractivity contribution >= 4 is 5.91 Å². The molecule has 2 aliphatic heterocycles. The molecule has 2 bridgehead atoms. The van der Waals surface area contributed by atoms with Crippen molar-refractivity contribution in [1.82, 2.24) is 9.58 Å². The molecule has 3 heterocycles. The summed E-state index contributed by atoms with van der Waals surface area (Å²) in [6.07, 6.45) is 4.80. The Hall–Kier alpha value is -3.81. The number of ether oxygens (including phenoxy) is 1. The summed E-state index contributed by atoms with van der Waals surface area (Å²) >= 11 is 0. The Morgan fingerprint density at radius 2 is 1.74 bits per heavy atom. The van der Waals surface area contributed by atoms with E-state index in [-0.39, 0.29) is 18.1 Å². The van der Waals surface area contributed by atoms with Gasteiger partial charge in [0, 0.05) is 24.4 Å². The maximum atomic E-state index is 15.1. The molecule has 0 saturated heterocycles. The third-order valence-corrected chi connectivity index (χ3v) is 6.41. The Balaban J connectivity index is 1.77. The number of aromatic nitrogens is 1. The van der Waals surface area contributed by atoms with E-state index < -0.39 is 28.9 Å². The Kier molecular flexibility index (Phi) is 5.96. The quantitative estimate of drug-likeness (QED) is 0.595. The van der Waals surface area contributed by atoms with Crippen LogP contribution in [-0.4, -0.2) is 40.4 Å². The molecule has 0 saturated carbocycles. The highest BCUT2D eigenvalue weighted by molar-refractivity contribution is 5.96. The average Bonchev–Trinajstić information content (AvgIpc) is 2.85. The summed E-state index contributed by atoms with van der Waals surface area (Å²) in [5.74, 6) is -1.27. The van der Waals surface area contributed by atoms with Crippen LogP contribution in [0.25, 0.3) is 0 Å². The van der Waals surface area contributed by atoms with E-state index in [2.05, 4.69) is 0 Å². The SMILES string of the molecule is O=C1c2c(O)c(=O)ccn2N2CN1CCCCCCOc1c(F)cccc1[C@H]2c1ccccc1. The molecule has 1 atom stereocenters. The molecule has 5 rings (SSSR count). The molecular formula is C26H26FN3O4. The monoisotopic (exact) mass is 463 g/mol. The van der Waals surface area contributed by atoms with Crippen LogP contribution in [0.15, 0.2) is 65.6 Å². The third kappa shape index (κ3) is 3.89. The number of rotatable bonds is 1. The molecule has 8 heteroatoms. The molecule has 0 aliphatic carbocycles. The Bertz CT molecular complexity index is 1260.